The van der Waals surface area contributed by atoms with Crippen LogP contribution in [0.4, 0.5) is 11.5 Å². The molecule has 4 aromatic rings. The lowest BCUT2D eigenvalue weighted by Gasteiger charge is -2.21. The van der Waals surface area contributed by atoms with Gasteiger partial charge < -0.3 is 10.6 Å². The van der Waals surface area contributed by atoms with Gasteiger partial charge in [-0.3, -0.25) is 9.59 Å². The van der Waals surface area contributed by atoms with Gasteiger partial charge in [0.05, 0.1) is 22.8 Å². The van der Waals surface area contributed by atoms with Gasteiger partial charge in [-0.15, -0.1) is 0 Å². The van der Waals surface area contributed by atoms with Gasteiger partial charge in [0.25, 0.3) is 0 Å². The van der Waals surface area contributed by atoms with E-state index in [0.717, 1.165) is 15.6 Å². The molecule has 0 saturated carbocycles. The fourth-order valence-corrected chi connectivity index (χ4v) is 5.41. The molecule has 2 amide bonds. The Labute approximate surface area is 222 Å². The highest BCUT2D eigenvalue weighted by atomic mass is 32.2. The zero-order valence-corrected chi connectivity index (χ0v) is 22.0. The van der Waals surface area contributed by atoms with Crippen LogP contribution in [0.1, 0.15) is 20.3 Å². The maximum absolute atomic E-state index is 13.4. The second-order valence-corrected chi connectivity index (χ2v) is 10.6. The summed E-state index contributed by atoms with van der Waals surface area (Å²) in [5, 5.41) is 10.1. The van der Waals surface area contributed by atoms with Crippen LogP contribution in [0.3, 0.4) is 0 Å². The highest BCUT2D eigenvalue weighted by Gasteiger charge is 2.26. The van der Waals surface area contributed by atoms with Crippen LogP contribution in [0.5, 0.6) is 0 Å². The highest BCUT2D eigenvalue weighted by molar-refractivity contribution is 7.89. The third-order valence-corrected chi connectivity index (χ3v) is 7.51. The molecule has 0 fully saturated rings. The quantitative estimate of drug-likeness (QED) is 0.312. The normalized spacial score (nSPS) is 11.3. The summed E-state index contributed by atoms with van der Waals surface area (Å²) in [6, 6.07) is 26.6. The van der Waals surface area contributed by atoms with Gasteiger partial charge in [-0.2, -0.15) is 9.40 Å². The van der Waals surface area contributed by atoms with Crippen LogP contribution in [-0.4, -0.2) is 47.4 Å². The maximum atomic E-state index is 13.4. The lowest BCUT2D eigenvalue weighted by Crippen LogP contribution is -2.38. The van der Waals surface area contributed by atoms with Crippen molar-refractivity contribution in [2.24, 2.45) is 0 Å². The van der Waals surface area contributed by atoms with E-state index >= 15 is 0 Å². The van der Waals surface area contributed by atoms with Gasteiger partial charge in [0.1, 0.15) is 5.82 Å². The first-order valence-electron chi connectivity index (χ1n) is 12.2. The van der Waals surface area contributed by atoms with E-state index in [4.69, 9.17) is 0 Å². The molecule has 0 aliphatic carbocycles. The van der Waals surface area contributed by atoms with Gasteiger partial charge in [-0.05, 0) is 42.8 Å². The van der Waals surface area contributed by atoms with Crippen LogP contribution in [0.15, 0.2) is 95.9 Å². The first kappa shape index (κ1) is 26.8. The molecule has 0 atom stereocenters. The predicted octanol–water partition coefficient (Wildman–Crippen LogP) is 4.54. The van der Waals surface area contributed by atoms with E-state index in [1.807, 2.05) is 67.6 Å². The molecule has 1 heterocycles. The Morgan fingerprint density at radius 1 is 0.895 bits per heavy atom. The highest BCUT2D eigenvalue weighted by Crippen LogP contribution is 2.25. The number of nitrogens with zero attached hydrogens (tertiary/aromatic N) is 3. The molecule has 1 aromatic heterocycles. The minimum Gasteiger partial charge on any atom is -0.326 e. The summed E-state index contributed by atoms with van der Waals surface area (Å²) < 4.78 is 29.5. The number of hydrogen-bond donors (Lipinski definition) is 2. The number of sulfonamides is 1. The molecular weight excluding hydrogens is 502 g/mol. The Bertz CT molecular complexity index is 1500. The second kappa shape index (κ2) is 11.8. The van der Waals surface area contributed by atoms with Gasteiger partial charge in [0, 0.05) is 30.8 Å². The number of rotatable bonds is 10. The number of aromatic nitrogens is 2. The minimum absolute atomic E-state index is 0.0357. The molecule has 4 rings (SSSR count). The Morgan fingerprint density at radius 2 is 1.53 bits per heavy atom. The van der Waals surface area contributed by atoms with E-state index in [2.05, 4.69) is 15.7 Å². The molecule has 0 aliphatic heterocycles. The van der Waals surface area contributed by atoms with Gasteiger partial charge in [-0.25, -0.2) is 13.1 Å². The van der Waals surface area contributed by atoms with Crippen molar-refractivity contribution in [1.82, 2.24) is 14.1 Å². The van der Waals surface area contributed by atoms with Gasteiger partial charge in [0.15, 0.2) is 0 Å². The average molecular weight is 532 g/mol. The molecule has 0 radical (unpaired) electrons. The van der Waals surface area contributed by atoms with Crippen LogP contribution < -0.4 is 10.6 Å². The Morgan fingerprint density at radius 3 is 2.13 bits per heavy atom. The lowest BCUT2D eigenvalue weighted by molar-refractivity contribution is -0.116. The first-order valence-corrected chi connectivity index (χ1v) is 13.6. The summed E-state index contributed by atoms with van der Waals surface area (Å²) in [6.07, 6.45) is 0.524. The summed E-state index contributed by atoms with van der Waals surface area (Å²) >= 11 is 0. The van der Waals surface area contributed by atoms with Crippen molar-refractivity contribution in [3.63, 3.8) is 0 Å². The van der Waals surface area contributed by atoms with E-state index in [1.54, 1.807) is 10.7 Å². The number of carbonyl (C=O) groups is 2. The summed E-state index contributed by atoms with van der Waals surface area (Å²) in [4.78, 5) is 24.5. The Balaban J connectivity index is 1.58. The summed E-state index contributed by atoms with van der Waals surface area (Å²) in [6.45, 7) is 3.01. The van der Waals surface area contributed by atoms with Gasteiger partial charge >= 0.3 is 0 Å². The lowest BCUT2D eigenvalue weighted by atomic mass is 10.2. The van der Waals surface area contributed by atoms with Crippen molar-refractivity contribution in [3.8, 4) is 16.9 Å². The first-order chi connectivity index (χ1) is 18.3. The standard InChI is InChI=1S/C28H29N5O4S/c1-3-18-32(38(36,37)25-16-14-23(15-17-25)29-21(2)34)20-28(35)30-27-19-26(22-10-6-4-7-11-22)31-33(27)24-12-8-5-9-13-24/h4-17,19H,3,18,20H2,1-2H3,(H,29,34)(H,30,35). The number of amides is 2. The van der Waals surface area contributed by atoms with Crippen LogP contribution in [0, 0.1) is 0 Å². The fraction of sp³-hybridized carbons (Fsp3) is 0.179. The van der Waals surface area contributed by atoms with Crippen LogP contribution in [0.2, 0.25) is 0 Å². The monoisotopic (exact) mass is 531 g/mol. The van der Waals surface area contributed by atoms with Crippen LogP contribution in [0.25, 0.3) is 16.9 Å². The number of nitrogens with one attached hydrogen (secondary N) is 2. The van der Waals surface area contributed by atoms with E-state index in [9.17, 15) is 18.0 Å². The summed E-state index contributed by atoms with van der Waals surface area (Å²) in [5.41, 5.74) is 2.79. The van der Waals surface area contributed by atoms with Gasteiger partial charge in [0.2, 0.25) is 21.8 Å². The van der Waals surface area contributed by atoms with Gasteiger partial charge in [-0.1, -0.05) is 55.5 Å². The molecule has 3 aromatic carbocycles. The topological polar surface area (TPSA) is 113 Å². The molecule has 0 spiro atoms. The molecule has 2 N–H and O–H groups in total. The zero-order chi connectivity index (χ0) is 27.1. The Hall–Kier alpha value is -4.28. The molecule has 9 nitrogen and oxygen atoms in total. The molecule has 0 aliphatic rings. The number of hydrogen-bond acceptors (Lipinski definition) is 5. The zero-order valence-electron chi connectivity index (χ0n) is 21.2. The van der Waals surface area contributed by atoms with E-state index in [0.29, 0.717) is 23.6 Å². The molecule has 10 heteroatoms. The molecule has 196 valence electrons. The molecule has 38 heavy (non-hydrogen) atoms. The largest absolute Gasteiger partial charge is 0.326 e. The van der Waals surface area contributed by atoms with Crippen molar-refractivity contribution in [1.29, 1.82) is 0 Å². The van der Waals surface area contributed by atoms with Crippen molar-refractivity contribution >= 4 is 33.3 Å². The Kier molecular flexibility index (Phi) is 8.35. The third-order valence-electron chi connectivity index (χ3n) is 5.65. The molecular formula is C28H29N5O4S. The molecule has 0 saturated heterocycles. The van der Waals surface area contributed by atoms with E-state index in [-0.39, 0.29) is 23.9 Å². The maximum Gasteiger partial charge on any atom is 0.243 e. The number of benzene rings is 3. The molecule has 0 bridgehead atoms. The fourth-order valence-electron chi connectivity index (χ4n) is 3.92. The van der Waals surface area contributed by atoms with Crippen LogP contribution in [-0.2, 0) is 19.6 Å². The smallest absolute Gasteiger partial charge is 0.243 e. The predicted molar refractivity (Wildman–Crippen MR) is 147 cm³/mol. The van der Waals surface area contributed by atoms with E-state index in [1.165, 1.54) is 31.2 Å². The van der Waals surface area contributed by atoms with E-state index < -0.39 is 15.9 Å². The number of carbonyl (C=O) groups excluding carboxylic acids is 2. The third kappa shape index (κ3) is 6.34. The van der Waals surface area contributed by atoms with Crippen molar-refractivity contribution in [2.45, 2.75) is 25.2 Å². The minimum atomic E-state index is -3.96. The van der Waals surface area contributed by atoms with Crippen molar-refractivity contribution < 1.29 is 18.0 Å². The summed E-state index contributed by atoms with van der Waals surface area (Å²) in [7, 11) is -3.96. The van der Waals surface area contributed by atoms with Crippen LogP contribution >= 0.6 is 0 Å². The molecule has 0 unspecified atom stereocenters. The second-order valence-electron chi connectivity index (χ2n) is 8.62. The van der Waals surface area contributed by atoms with Crippen molar-refractivity contribution in [3.05, 3.63) is 91.0 Å². The van der Waals surface area contributed by atoms with Crippen molar-refractivity contribution in [2.75, 3.05) is 23.7 Å². The number of para-hydroxylation sites is 1. The summed E-state index contributed by atoms with van der Waals surface area (Å²) in [5.74, 6) is -0.322. The SMILES string of the molecule is CCCN(CC(=O)Nc1cc(-c2ccccc2)nn1-c1ccccc1)S(=O)(=O)c1ccc(NC(C)=O)cc1. The number of anilines is 2. The average Bonchev–Trinajstić information content (AvgIpc) is 3.33.